The van der Waals surface area contributed by atoms with Gasteiger partial charge in [0.1, 0.15) is 0 Å². The van der Waals surface area contributed by atoms with E-state index in [1.807, 2.05) is 0 Å². The Hall–Kier alpha value is -0.740. The van der Waals surface area contributed by atoms with Gasteiger partial charge in [0.2, 0.25) is 0 Å². The maximum Gasteiger partial charge on any atom is 0.471 e. The first-order valence-electron chi connectivity index (χ1n) is 6.75. The van der Waals surface area contributed by atoms with E-state index in [1.165, 1.54) is 32.7 Å². The minimum Gasteiger partial charge on any atom is -0.335 e. The normalized spacial score (nSPS) is 29.8. The summed E-state index contributed by atoms with van der Waals surface area (Å²) in [5.74, 6) is -0.857. The molecule has 2 rings (SSSR count). The van der Waals surface area contributed by atoms with E-state index in [1.54, 1.807) is 0 Å². The van der Waals surface area contributed by atoms with Crippen LogP contribution in [0, 0.1) is 11.8 Å². The topological polar surface area (TPSA) is 20.3 Å². The van der Waals surface area contributed by atoms with Crippen molar-refractivity contribution in [3.05, 3.63) is 0 Å². The van der Waals surface area contributed by atoms with Crippen molar-refractivity contribution in [3.63, 3.8) is 0 Å². The summed E-state index contributed by atoms with van der Waals surface area (Å²) in [6.07, 6.45) is 3.12. The predicted molar refractivity (Wildman–Crippen MR) is 61.9 cm³/mol. The van der Waals surface area contributed by atoms with Gasteiger partial charge in [-0.25, -0.2) is 0 Å². The van der Waals surface area contributed by atoms with Crippen molar-refractivity contribution in [1.82, 2.24) is 4.90 Å². The molecule has 2 aliphatic rings. The van der Waals surface area contributed by atoms with Crippen LogP contribution in [0.25, 0.3) is 0 Å². The first-order chi connectivity index (χ1) is 8.41. The zero-order valence-electron chi connectivity index (χ0n) is 10.7. The van der Waals surface area contributed by atoms with Crippen molar-refractivity contribution in [3.8, 4) is 0 Å². The minimum atomic E-state index is -4.73. The van der Waals surface area contributed by atoms with E-state index in [0.717, 1.165) is 24.2 Å². The molecule has 2 atom stereocenters. The Balaban J connectivity index is 1.88. The number of rotatable bonds is 2. The van der Waals surface area contributed by atoms with E-state index in [0.29, 0.717) is 11.8 Å². The molecular weight excluding hydrogens is 243 g/mol. The van der Waals surface area contributed by atoms with Crippen LogP contribution in [0.3, 0.4) is 0 Å². The zero-order valence-corrected chi connectivity index (χ0v) is 10.7. The van der Waals surface area contributed by atoms with Crippen molar-refractivity contribution in [1.29, 1.82) is 0 Å². The van der Waals surface area contributed by atoms with Gasteiger partial charge >= 0.3 is 12.1 Å². The molecular formula is C13H20F3NO. The number of hydrogen-bond acceptors (Lipinski definition) is 1. The summed E-state index contributed by atoms with van der Waals surface area (Å²) in [6.45, 7) is 0. The Bertz CT molecular complexity index is 308. The Kier molecular flexibility index (Phi) is 3.87. The number of alkyl halides is 3. The lowest BCUT2D eigenvalue weighted by molar-refractivity contribution is -0.184. The van der Waals surface area contributed by atoms with Gasteiger partial charge in [0, 0.05) is 13.1 Å². The number of amides is 1. The van der Waals surface area contributed by atoms with Crippen molar-refractivity contribution in [2.75, 3.05) is 7.05 Å². The molecule has 104 valence electrons. The summed E-state index contributed by atoms with van der Waals surface area (Å²) in [5.41, 5.74) is 0. The van der Waals surface area contributed by atoms with E-state index in [4.69, 9.17) is 0 Å². The monoisotopic (exact) mass is 263 g/mol. The molecule has 0 heterocycles. The maximum absolute atomic E-state index is 12.3. The molecule has 0 aromatic heterocycles. The standard InChI is InChI=1S/C13H20F3NO/c1-17(12(18)13(14,15)16)11-8-10(11)9-6-4-2-3-5-7-9/h9-11H,2-8H2,1H3/t10-,11+/m1/s1. The lowest BCUT2D eigenvalue weighted by Gasteiger charge is -2.21. The summed E-state index contributed by atoms with van der Waals surface area (Å²) >= 11 is 0. The van der Waals surface area contributed by atoms with E-state index in [9.17, 15) is 18.0 Å². The summed E-state index contributed by atoms with van der Waals surface area (Å²) < 4.78 is 37.0. The molecule has 0 radical (unpaired) electrons. The van der Waals surface area contributed by atoms with Gasteiger partial charge in [-0.15, -0.1) is 0 Å². The van der Waals surface area contributed by atoms with Crippen LogP contribution >= 0.6 is 0 Å². The quantitative estimate of drug-likeness (QED) is 0.699. The second kappa shape index (κ2) is 5.10. The van der Waals surface area contributed by atoms with Gasteiger partial charge in [-0.1, -0.05) is 38.5 Å². The fourth-order valence-electron chi connectivity index (χ4n) is 3.24. The van der Waals surface area contributed by atoms with Crippen LogP contribution in [0.15, 0.2) is 0 Å². The lowest BCUT2D eigenvalue weighted by Crippen LogP contribution is -2.40. The molecule has 0 aliphatic heterocycles. The van der Waals surface area contributed by atoms with Crippen LogP contribution in [0.5, 0.6) is 0 Å². The SMILES string of the molecule is CN(C(=O)C(F)(F)F)[C@H]1C[C@@H]1C1CCCCCC1. The smallest absolute Gasteiger partial charge is 0.335 e. The second-order valence-corrected chi connectivity index (χ2v) is 5.63. The average molecular weight is 263 g/mol. The fraction of sp³-hybridized carbons (Fsp3) is 0.923. The van der Waals surface area contributed by atoms with Gasteiger partial charge in [0.25, 0.3) is 0 Å². The van der Waals surface area contributed by atoms with Gasteiger partial charge in [-0.2, -0.15) is 13.2 Å². The van der Waals surface area contributed by atoms with Gasteiger partial charge in [0.15, 0.2) is 0 Å². The molecule has 1 amide bonds. The lowest BCUT2D eigenvalue weighted by atomic mass is 9.94. The van der Waals surface area contributed by atoms with Crippen LogP contribution in [0.2, 0.25) is 0 Å². The van der Waals surface area contributed by atoms with Crippen molar-refractivity contribution < 1.29 is 18.0 Å². The first kappa shape index (κ1) is 13.7. The van der Waals surface area contributed by atoms with E-state index in [-0.39, 0.29) is 6.04 Å². The van der Waals surface area contributed by atoms with Crippen LogP contribution in [-0.2, 0) is 4.79 Å². The van der Waals surface area contributed by atoms with Crippen LogP contribution in [-0.4, -0.2) is 30.1 Å². The highest BCUT2D eigenvalue weighted by atomic mass is 19.4. The molecule has 0 unspecified atom stereocenters. The molecule has 0 saturated heterocycles. The average Bonchev–Trinajstić information content (AvgIpc) is 3.08. The van der Waals surface area contributed by atoms with E-state index < -0.39 is 12.1 Å². The summed E-state index contributed by atoms with van der Waals surface area (Å²) in [6, 6.07) is -0.178. The van der Waals surface area contributed by atoms with Crippen molar-refractivity contribution >= 4 is 5.91 Å². The molecule has 2 aliphatic carbocycles. The molecule has 2 nitrogen and oxygen atoms in total. The molecule has 5 heteroatoms. The predicted octanol–water partition coefficient (Wildman–Crippen LogP) is 3.37. The Morgan fingerprint density at radius 1 is 1.11 bits per heavy atom. The maximum atomic E-state index is 12.3. The molecule has 0 spiro atoms. The van der Waals surface area contributed by atoms with Crippen LogP contribution in [0.1, 0.15) is 44.9 Å². The third-order valence-electron chi connectivity index (χ3n) is 4.37. The second-order valence-electron chi connectivity index (χ2n) is 5.63. The Morgan fingerprint density at radius 3 is 2.17 bits per heavy atom. The summed E-state index contributed by atoms with van der Waals surface area (Å²) in [7, 11) is 1.29. The van der Waals surface area contributed by atoms with Gasteiger partial charge in [0.05, 0.1) is 0 Å². The summed E-state index contributed by atoms with van der Waals surface area (Å²) in [4.78, 5) is 12.1. The Labute approximate surface area is 106 Å². The van der Waals surface area contributed by atoms with Crippen molar-refractivity contribution in [2.24, 2.45) is 11.8 Å². The molecule has 2 saturated carbocycles. The molecule has 0 N–H and O–H groups in total. The summed E-state index contributed by atoms with van der Waals surface area (Å²) in [5, 5.41) is 0. The third-order valence-corrected chi connectivity index (χ3v) is 4.37. The highest BCUT2D eigenvalue weighted by Gasteiger charge is 2.51. The zero-order chi connectivity index (χ0) is 13.3. The minimum absolute atomic E-state index is 0.178. The Morgan fingerprint density at radius 2 is 1.67 bits per heavy atom. The van der Waals surface area contributed by atoms with Crippen LogP contribution in [0.4, 0.5) is 13.2 Å². The molecule has 0 aromatic rings. The van der Waals surface area contributed by atoms with E-state index >= 15 is 0 Å². The third kappa shape index (κ3) is 2.98. The molecule has 2 fully saturated rings. The fourth-order valence-corrected chi connectivity index (χ4v) is 3.24. The largest absolute Gasteiger partial charge is 0.471 e. The van der Waals surface area contributed by atoms with Gasteiger partial charge in [-0.3, -0.25) is 4.79 Å². The number of carbonyl (C=O) groups is 1. The van der Waals surface area contributed by atoms with Gasteiger partial charge in [-0.05, 0) is 18.3 Å². The number of hydrogen-bond donors (Lipinski definition) is 0. The van der Waals surface area contributed by atoms with Crippen LogP contribution < -0.4 is 0 Å². The highest BCUT2D eigenvalue weighted by Crippen LogP contribution is 2.46. The number of carbonyl (C=O) groups excluding carboxylic acids is 1. The molecule has 0 aromatic carbocycles. The first-order valence-corrected chi connectivity index (χ1v) is 6.75. The number of halogens is 3. The highest BCUT2D eigenvalue weighted by molar-refractivity contribution is 5.82. The number of nitrogens with zero attached hydrogens (tertiary/aromatic N) is 1. The van der Waals surface area contributed by atoms with Gasteiger partial charge < -0.3 is 4.90 Å². The van der Waals surface area contributed by atoms with Crippen molar-refractivity contribution in [2.45, 2.75) is 57.2 Å². The molecule has 0 bridgehead atoms. The molecule has 18 heavy (non-hydrogen) atoms. The van der Waals surface area contributed by atoms with E-state index in [2.05, 4.69) is 0 Å².